The highest BCUT2D eigenvalue weighted by Crippen LogP contribution is 2.32. The maximum atomic E-state index is 14.0. The summed E-state index contributed by atoms with van der Waals surface area (Å²) in [5, 5.41) is 4.24. The molecule has 2 aromatic heterocycles. The average molecular weight is 361 g/mol. The van der Waals surface area contributed by atoms with Crippen LogP contribution >= 0.6 is 11.3 Å². The molecule has 1 fully saturated rings. The lowest BCUT2D eigenvalue weighted by atomic mass is 10.2. The Morgan fingerprint density at radius 1 is 1.48 bits per heavy atom. The van der Waals surface area contributed by atoms with Crippen molar-refractivity contribution in [3.63, 3.8) is 0 Å². The molecule has 3 heterocycles. The molecule has 4 rings (SSSR count). The van der Waals surface area contributed by atoms with Gasteiger partial charge in [0, 0.05) is 12.7 Å². The Balaban J connectivity index is 1.72. The number of ether oxygens (including phenoxy) is 1. The van der Waals surface area contributed by atoms with Gasteiger partial charge in [-0.2, -0.15) is 0 Å². The molecule has 1 amide bonds. The van der Waals surface area contributed by atoms with Crippen LogP contribution < -0.4 is 4.90 Å². The molecule has 0 bridgehead atoms. The van der Waals surface area contributed by atoms with Gasteiger partial charge in [0.2, 0.25) is 0 Å². The minimum atomic E-state index is -0.401. The van der Waals surface area contributed by atoms with Crippen molar-refractivity contribution in [1.29, 1.82) is 0 Å². The number of amides is 1. The molecule has 1 atom stereocenters. The van der Waals surface area contributed by atoms with E-state index < -0.39 is 5.82 Å². The lowest BCUT2D eigenvalue weighted by Crippen LogP contribution is -2.37. The van der Waals surface area contributed by atoms with Crippen molar-refractivity contribution in [2.75, 3.05) is 18.1 Å². The zero-order valence-corrected chi connectivity index (χ0v) is 14.4. The monoisotopic (exact) mass is 361 g/mol. The van der Waals surface area contributed by atoms with E-state index in [0.717, 1.165) is 12.8 Å². The standard InChI is InChI=1S/C17H16FN3O3S/c1-10-8-13(20-24-10)16(22)21(9-11-4-3-7-23-11)17-19-15-12(18)5-2-6-14(15)25-17/h2,5-6,8,11H,3-4,7,9H2,1H3. The van der Waals surface area contributed by atoms with Crippen LogP contribution in [0.3, 0.4) is 0 Å². The van der Waals surface area contributed by atoms with Gasteiger partial charge in [-0.1, -0.05) is 22.6 Å². The van der Waals surface area contributed by atoms with Crippen molar-refractivity contribution in [2.45, 2.75) is 25.9 Å². The lowest BCUT2D eigenvalue weighted by Gasteiger charge is -2.21. The van der Waals surface area contributed by atoms with Gasteiger partial charge in [0.15, 0.2) is 10.8 Å². The van der Waals surface area contributed by atoms with Crippen molar-refractivity contribution in [2.24, 2.45) is 0 Å². The summed E-state index contributed by atoms with van der Waals surface area (Å²) in [5.41, 5.74) is 0.471. The molecule has 1 aromatic carbocycles. The number of fused-ring (bicyclic) bond motifs is 1. The van der Waals surface area contributed by atoms with Gasteiger partial charge in [-0.25, -0.2) is 9.37 Å². The topological polar surface area (TPSA) is 68.5 Å². The molecule has 6 nitrogen and oxygen atoms in total. The van der Waals surface area contributed by atoms with Crippen LogP contribution in [0.1, 0.15) is 29.1 Å². The first kappa shape index (κ1) is 16.2. The molecular formula is C17H16FN3O3S. The van der Waals surface area contributed by atoms with Crippen LogP contribution in [-0.2, 0) is 4.74 Å². The highest BCUT2D eigenvalue weighted by atomic mass is 32.1. The molecule has 0 spiro atoms. The van der Waals surface area contributed by atoms with Gasteiger partial charge in [-0.3, -0.25) is 9.69 Å². The van der Waals surface area contributed by atoms with E-state index in [0.29, 0.717) is 28.7 Å². The number of para-hydroxylation sites is 1. The summed E-state index contributed by atoms with van der Waals surface area (Å²) in [6, 6.07) is 6.36. The van der Waals surface area contributed by atoms with E-state index in [1.807, 2.05) is 0 Å². The van der Waals surface area contributed by atoms with Crippen LogP contribution in [0, 0.1) is 12.7 Å². The second-order valence-corrected chi connectivity index (χ2v) is 6.97. The van der Waals surface area contributed by atoms with Crippen LogP contribution in [-0.4, -0.2) is 35.3 Å². The third-order valence-corrected chi connectivity index (χ3v) is 5.14. The van der Waals surface area contributed by atoms with Crippen molar-refractivity contribution >= 4 is 32.6 Å². The van der Waals surface area contributed by atoms with Crippen LogP contribution in [0.15, 0.2) is 28.8 Å². The minimum absolute atomic E-state index is 0.0613. The number of hydrogen-bond acceptors (Lipinski definition) is 6. The molecule has 0 saturated carbocycles. The summed E-state index contributed by atoms with van der Waals surface area (Å²) in [6.07, 6.45) is 1.78. The van der Waals surface area contributed by atoms with Crippen molar-refractivity contribution in [3.05, 3.63) is 41.5 Å². The second kappa shape index (κ2) is 6.53. The van der Waals surface area contributed by atoms with E-state index in [1.165, 1.54) is 22.3 Å². The zero-order chi connectivity index (χ0) is 17.4. The fourth-order valence-electron chi connectivity index (χ4n) is 2.86. The Hall–Kier alpha value is -2.32. The normalized spacial score (nSPS) is 17.3. The Morgan fingerprint density at radius 2 is 2.36 bits per heavy atom. The van der Waals surface area contributed by atoms with E-state index >= 15 is 0 Å². The van der Waals surface area contributed by atoms with Crippen LogP contribution in [0.2, 0.25) is 0 Å². The fraction of sp³-hybridized carbons (Fsp3) is 0.353. The first-order valence-corrected chi connectivity index (χ1v) is 8.85. The molecular weight excluding hydrogens is 345 g/mol. The third-order valence-electron chi connectivity index (χ3n) is 4.09. The molecule has 3 aromatic rings. The highest BCUT2D eigenvalue weighted by Gasteiger charge is 2.29. The number of anilines is 1. The molecule has 0 radical (unpaired) electrons. The maximum Gasteiger partial charge on any atom is 0.282 e. The molecule has 25 heavy (non-hydrogen) atoms. The SMILES string of the molecule is Cc1cc(C(=O)N(CC2CCCO2)c2nc3c(F)cccc3s2)no1. The number of carbonyl (C=O) groups excluding carboxylic acids is 1. The molecule has 130 valence electrons. The van der Waals surface area contributed by atoms with Gasteiger partial charge in [0.25, 0.3) is 5.91 Å². The molecule has 1 saturated heterocycles. The van der Waals surface area contributed by atoms with Crippen molar-refractivity contribution < 1.29 is 18.4 Å². The molecule has 1 unspecified atom stereocenters. The first-order chi connectivity index (χ1) is 12.1. The van der Waals surface area contributed by atoms with Gasteiger partial charge in [0.1, 0.15) is 17.1 Å². The number of aryl methyl sites for hydroxylation is 1. The molecule has 1 aliphatic heterocycles. The summed E-state index contributed by atoms with van der Waals surface area (Å²) in [4.78, 5) is 18.8. The number of benzene rings is 1. The molecule has 0 aliphatic carbocycles. The minimum Gasteiger partial charge on any atom is -0.376 e. The number of thiazole rings is 1. The van der Waals surface area contributed by atoms with Crippen LogP contribution in [0.25, 0.3) is 10.2 Å². The number of hydrogen-bond donors (Lipinski definition) is 0. The fourth-order valence-corrected chi connectivity index (χ4v) is 3.85. The highest BCUT2D eigenvalue weighted by molar-refractivity contribution is 7.22. The van der Waals surface area contributed by atoms with Gasteiger partial charge in [-0.05, 0) is 31.9 Å². The Labute approximate surface area is 147 Å². The molecule has 1 aliphatic rings. The number of carbonyl (C=O) groups is 1. The number of aromatic nitrogens is 2. The van der Waals surface area contributed by atoms with Gasteiger partial charge >= 0.3 is 0 Å². The van der Waals surface area contributed by atoms with Gasteiger partial charge < -0.3 is 9.26 Å². The van der Waals surface area contributed by atoms with Crippen LogP contribution in [0.4, 0.5) is 9.52 Å². The number of halogens is 1. The lowest BCUT2D eigenvalue weighted by molar-refractivity contribution is 0.0910. The number of nitrogens with zero attached hydrogens (tertiary/aromatic N) is 3. The molecule has 0 N–H and O–H groups in total. The second-order valence-electron chi connectivity index (χ2n) is 5.96. The Morgan fingerprint density at radius 3 is 3.04 bits per heavy atom. The van der Waals surface area contributed by atoms with E-state index in [9.17, 15) is 9.18 Å². The summed E-state index contributed by atoms with van der Waals surface area (Å²) < 4.78 is 25.3. The molecule has 8 heteroatoms. The smallest absolute Gasteiger partial charge is 0.282 e. The van der Waals surface area contributed by atoms with E-state index in [1.54, 1.807) is 25.1 Å². The zero-order valence-electron chi connectivity index (χ0n) is 13.6. The predicted molar refractivity (Wildman–Crippen MR) is 91.5 cm³/mol. The quantitative estimate of drug-likeness (QED) is 0.711. The van der Waals surface area contributed by atoms with Gasteiger partial charge in [0.05, 0.1) is 17.3 Å². The Bertz CT molecular complexity index is 917. The first-order valence-electron chi connectivity index (χ1n) is 8.03. The maximum absolute atomic E-state index is 14.0. The van der Waals surface area contributed by atoms with E-state index in [2.05, 4.69) is 10.1 Å². The Kier molecular flexibility index (Phi) is 4.22. The average Bonchev–Trinajstić information content (AvgIpc) is 3.32. The number of rotatable bonds is 4. The third kappa shape index (κ3) is 3.14. The van der Waals surface area contributed by atoms with Crippen molar-refractivity contribution in [3.8, 4) is 0 Å². The summed E-state index contributed by atoms with van der Waals surface area (Å²) >= 11 is 1.27. The largest absolute Gasteiger partial charge is 0.376 e. The van der Waals surface area contributed by atoms with Crippen LogP contribution in [0.5, 0.6) is 0 Å². The summed E-state index contributed by atoms with van der Waals surface area (Å²) in [7, 11) is 0. The summed E-state index contributed by atoms with van der Waals surface area (Å²) in [5.74, 6) is -0.177. The van der Waals surface area contributed by atoms with E-state index in [4.69, 9.17) is 9.26 Å². The van der Waals surface area contributed by atoms with E-state index in [-0.39, 0.29) is 23.2 Å². The predicted octanol–water partition coefficient (Wildman–Crippen LogP) is 3.56. The summed E-state index contributed by atoms with van der Waals surface area (Å²) in [6.45, 7) is 2.76. The van der Waals surface area contributed by atoms with Crippen molar-refractivity contribution in [1.82, 2.24) is 10.1 Å². The van der Waals surface area contributed by atoms with Gasteiger partial charge in [-0.15, -0.1) is 0 Å².